The van der Waals surface area contributed by atoms with Crippen LogP contribution in [0.5, 0.6) is 5.75 Å². The van der Waals surface area contributed by atoms with Crippen LogP contribution in [0.1, 0.15) is 22.8 Å². The monoisotopic (exact) mass is 365 g/mol. The third-order valence-electron chi connectivity index (χ3n) is 3.03. The first-order valence-corrected chi connectivity index (χ1v) is 8.15. The zero-order chi connectivity index (χ0) is 15.4. The van der Waals surface area contributed by atoms with Crippen LogP contribution < -0.4 is 10.5 Å². The van der Waals surface area contributed by atoms with E-state index < -0.39 is 0 Å². The Morgan fingerprint density at radius 1 is 1.29 bits per heavy atom. The van der Waals surface area contributed by atoms with Gasteiger partial charge in [-0.15, -0.1) is 11.8 Å². The van der Waals surface area contributed by atoms with Gasteiger partial charge in [0, 0.05) is 31.9 Å². The predicted molar refractivity (Wildman–Crippen MR) is 91.1 cm³/mol. The van der Waals surface area contributed by atoms with Gasteiger partial charge in [-0.2, -0.15) is 0 Å². The number of nitrogen functional groups attached to an aromatic ring is 1. The second-order valence-corrected chi connectivity index (χ2v) is 6.43. The fourth-order valence-electron chi connectivity index (χ4n) is 1.90. The Morgan fingerprint density at radius 3 is 2.67 bits per heavy atom. The number of anilines is 1. The summed E-state index contributed by atoms with van der Waals surface area (Å²) in [7, 11) is 1.63. The highest BCUT2D eigenvalue weighted by atomic mass is 79.9. The highest BCUT2D eigenvalue weighted by Gasteiger charge is 2.09. The summed E-state index contributed by atoms with van der Waals surface area (Å²) in [6, 6.07) is 11.2. The van der Waals surface area contributed by atoms with E-state index in [1.165, 1.54) is 0 Å². The molecule has 0 heterocycles. The van der Waals surface area contributed by atoms with Crippen LogP contribution in [0.2, 0.25) is 0 Å². The summed E-state index contributed by atoms with van der Waals surface area (Å²) in [5.74, 6) is 1.56. The van der Waals surface area contributed by atoms with Crippen molar-refractivity contribution in [1.82, 2.24) is 0 Å². The summed E-state index contributed by atoms with van der Waals surface area (Å²) in [5.41, 5.74) is 8.16. The normalized spacial score (nSPS) is 10.4. The largest absolute Gasteiger partial charge is 0.496 e. The summed E-state index contributed by atoms with van der Waals surface area (Å²) in [5, 5.41) is 0. The van der Waals surface area contributed by atoms with E-state index in [1.807, 2.05) is 30.3 Å². The number of ketones is 1. The molecule has 0 saturated carbocycles. The van der Waals surface area contributed by atoms with Crippen molar-refractivity contribution in [1.29, 1.82) is 0 Å². The van der Waals surface area contributed by atoms with E-state index in [2.05, 4.69) is 15.9 Å². The van der Waals surface area contributed by atoms with E-state index in [1.54, 1.807) is 31.9 Å². The average molecular weight is 366 g/mol. The molecule has 21 heavy (non-hydrogen) atoms. The lowest BCUT2D eigenvalue weighted by Crippen LogP contribution is -1.97. The third-order valence-corrected chi connectivity index (χ3v) is 5.07. The van der Waals surface area contributed by atoms with Crippen molar-refractivity contribution in [2.45, 2.75) is 17.6 Å². The number of nitrogens with two attached hydrogens (primary N) is 1. The summed E-state index contributed by atoms with van der Waals surface area (Å²) in [4.78, 5) is 12.6. The first kappa shape index (κ1) is 15.9. The molecular weight excluding hydrogens is 350 g/mol. The molecule has 0 atom stereocenters. The minimum absolute atomic E-state index is 0.0533. The summed E-state index contributed by atoms with van der Waals surface area (Å²) >= 11 is 5.17. The molecule has 0 fully saturated rings. The Morgan fingerprint density at radius 2 is 2.05 bits per heavy atom. The maximum atomic E-state index is 11.5. The van der Waals surface area contributed by atoms with Gasteiger partial charge in [0.15, 0.2) is 5.78 Å². The first-order valence-electron chi connectivity index (χ1n) is 6.37. The zero-order valence-corrected chi connectivity index (χ0v) is 14.3. The second-order valence-electron chi connectivity index (χ2n) is 4.56. The lowest BCUT2D eigenvalue weighted by atomic mass is 10.1. The molecule has 0 unspecified atom stereocenters. The third kappa shape index (κ3) is 4.02. The predicted octanol–water partition coefficient (Wildman–Crippen LogP) is 4.53. The van der Waals surface area contributed by atoms with Crippen LogP contribution in [-0.2, 0) is 5.75 Å². The number of hydrogen-bond acceptors (Lipinski definition) is 4. The van der Waals surface area contributed by atoms with Crippen molar-refractivity contribution < 1.29 is 9.53 Å². The zero-order valence-electron chi connectivity index (χ0n) is 11.9. The summed E-state index contributed by atoms with van der Waals surface area (Å²) in [6.45, 7) is 1.56. The second kappa shape index (κ2) is 7.00. The molecule has 0 saturated heterocycles. The highest BCUT2D eigenvalue weighted by molar-refractivity contribution is 9.10. The van der Waals surface area contributed by atoms with Gasteiger partial charge in [-0.3, -0.25) is 4.79 Å². The summed E-state index contributed by atoms with van der Waals surface area (Å²) < 4.78 is 6.33. The number of carbonyl (C=O) groups is 1. The van der Waals surface area contributed by atoms with Gasteiger partial charge < -0.3 is 10.5 Å². The number of halogens is 1. The SMILES string of the molecule is COc1ccc(C(C)=O)cc1CSc1ccc(N)cc1Br. The van der Waals surface area contributed by atoms with E-state index in [0.717, 1.165) is 26.4 Å². The van der Waals surface area contributed by atoms with Crippen LogP contribution in [0, 0.1) is 0 Å². The molecule has 0 aliphatic heterocycles. The van der Waals surface area contributed by atoms with E-state index in [4.69, 9.17) is 10.5 Å². The molecule has 0 spiro atoms. The summed E-state index contributed by atoms with van der Waals surface area (Å²) in [6.07, 6.45) is 0. The smallest absolute Gasteiger partial charge is 0.159 e. The Labute approximate surface area is 137 Å². The standard InChI is InChI=1S/C16H16BrNO2S/c1-10(19)11-3-5-15(20-2)12(7-11)9-21-16-6-4-13(18)8-14(16)17/h3-8H,9,18H2,1-2H3. The molecular formula is C16H16BrNO2S. The molecule has 0 aromatic heterocycles. The fourth-order valence-corrected chi connectivity index (χ4v) is 3.54. The number of rotatable bonds is 5. The maximum Gasteiger partial charge on any atom is 0.159 e. The number of thioether (sulfide) groups is 1. The van der Waals surface area contributed by atoms with Gasteiger partial charge in [-0.05, 0) is 59.3 Å². The lowest BCUT2D eigenvalue weighted by Gasteiger charge is -2.10. The Balaban J connectivity index is 2.22. The van der Waals surface area contributed by atoms with E-state index in [0.29, 0.717) is 11.3 Å². The molecule has 110 valence electrons. The van der Waals surface area contributed by atoms with Crippen LogP contribution in [0.15, 0.2) is 45.8 Å². The molecule has 0 aliphatic rings. The minimum Gasteiger partial charge on any atom is -0.496 e. The van der Waals surface area contributed by atoms with E-state index in [9.17, 15) is 4.79 Å². The van der Waals surface area contributed by atoms with Crippen molar-refractivity contribution >= 4 is 39.2 Å². The Bertz CT molecular complexity index is 673. The fraction of sp³-hybridized carbons (Fsp3) is 0.188. The Hall–Kier alpha value is -1.46. The quantitative estimate of drug-likeness (QED) is 0.480. The number of hydrogen-bond donors (Lipinski definition) is 1. The molecule has 0 amide bonds. The molecule has 2 aromatic carbocycles. The van der Waals surface area contributed by atoms with Crippen molar-refractivity contribution in [2.24, 2.45) is 0 Å². The maximum absolute atomic E-state index is 11.5. The number of Topliss-reactive ketones (excluding diaryl/α,β-unsaturated/α-hetero) is 1. The molecule has 0 aliphatic carbocycles. The molecule has 2 rings (SSSR count). The number of ether oxygens (including phenoxy) is 1. The van der Waals surface area contributed by atoms with Gasteiger partial charge in [-0.1, -0.05) is 0 Å². The van der Waals surface area contributed by atoms with Crippen LogP contribution in [0.4, 0.5) is 5.69 Å². The van der Waals surface area contributed by atoms with Gasteiger partial charge in [0.2, 0.25) is 0 Å². The minimum atomic E-state index is 0.0533. The first-order chi connectivity index (χ1) is 10.0. The average Bonchev–Trinajstić information content (AvgIpc) is 2.46. The van der Waals surface area contributed by atoms with E-state index >= 15 is 0 Å². The number of methoxy groups -OCH3 is 1. The van der Waals surface area contributed by atoms with Gasteiger partial charge in [0.25, 0.3) is 0 Å². The number of carbonyl (C=O) groups excluding carboxylic acids is 1. The van der Waals surface area contributed by atoms with E-state index in [-0.39, 0.29) is 5.78 Å². The van der Waals surface area contributed by atoms with Crippen molar-refractivity contribution in [3.63, 3.8) is 0 Å². The van der Waals surface area contributed by atoms with Crippen LogP contribution in [0.25, 0.3) is 0 Å². The van der Waals surface area contributed by atoms with Gasteiger partial charge in [0.1, 0.15) is 5.75 Å². The van der Waals surface area contributed by atoms with Crippen LogP contribution >= 0.6 is 27.7 Å². The van der Waals surface area contributed by atoms with Gasteiger partial charge >= 0.3 is 0 Å². The topological polar surface area (TPSA) is 52.3 Å². The van der Waals surface area contributed by atoms with Crippen LogP contribution in [0.3, 0.4) is 0 Å². The molecule has 0 radical (unpaired) electrons. The molecule has 2 N–H and O–H groups in total. The Kier molecular flexibility index (Phi) is 5.31. The lowest BCUT2D eigenvalue weighted by molar-refractivity contribution is 0.101. The van der Waals surface area contributed by atoms with Crippen molar-refractivity contribution in [3.8, 4) is 5.75 Å². The van der Waals surface area contributed by atoms with Gasteiger partial charge in [0.05, 0.1) is 7.11 Å². The van der Waals surface area contributed by atoms with Crippen molar-refractivity contribution in [2.75, 3.05) is 12.8 Å². The van der Waals surface area contributed by atoms with Crippen molar-refractivity contribution in [3.05, 3.63) is 52.0 Å². The van der Waals surface area contributed by atoms with Crippen LogP contribution in [-0.4, -0.2) is 12.9 Å². The molecule has 2 aromatic rings. The van der Waals surface area contributed by atoms with Gasteiger partial charge in [-0.25, -0.2) is 0 Å². The molecule has 3 nitrogen and oxygen atoms in total. The highest BCUT2D eigenvalue weighted by Crippen LogP contribution is 2.34. The molecule has 0 bridgehead atoms. The molecule has 5 heteroatoms. The number of benzene rings is 2.